The van der Waals surface area contributed by atoms with Gasteiger partial charge < -0.3 is 4.42 Å². The molecule has 0 radical (unpaired) electrons. The lowest BCUT2D eigenvalue weighted by Gasteiger charge is -2.15. The lowest BCUT2D eigenvalue weighted by Crippen LogP contribution is -1.93. The molecule has 4 heteroatoms. The van der Waals surface area contributed by atoms with Gasteiger partial charge in [0.2, 0.25) is 0 Å². The van der Waals surface area contributed by atoms with E-state index in [0.29, 0.717) is 11.1 Å². The van der Waals surface area contributed by atoms with Gasteiger partial charge in [0.05, 0.1) is 17.2 Å². The van der Waals surface area contributed by atoms with Crippen LogP contribution >= 0.6 is 11.3 Å². The van der Waals surface area contributed by atoms with Crippen LogP contribution in [0, 0.1) is 22.7 Å². The molecule has 0 unspecified atom stereocenters. The summed E-state index contributed by atoms with van der Waals surface area (Å²) in [5.41, 5.74) is 8.35. The molecule has 42 heavy (non-hydrogen) atoms. The fourth-order valence-electron chi connectivity index (χ4n) is 6.00. The highest BCUT2D eigenvalue weighted by Crippen LogP contribution is 2.44. The number of para-hydroxylation sites is 1. The largest absolute Gasteiger partial charge is 0.456 e. The molecule has 194 valence electrons. The van der Waals surface area contributed by atoms with Gasteiger partial charge in [0, 0.05) is 42.1 Å². The summed E-state index contributed by atoms with van der Waals surface area (Å²) in [5.74, 6) is 0. The highest BCUT2D eigenvalue weighted by Gasteiger charge is 2.19. The van der Waals surface area contributed by atoms with E-state index in [1.165, 1.54) is 20.2 Å². The van der Waals surface area contributed by atoms with Crippen LogP contribution in [0.15, 0.2) is 126 Å². The summed E-state index contributed by atoms with van der Waals surface area (Å²) in [4.78, 5) is 0. The van der Waals surface area contributed by atoms with E-state index in [4.69, 9.17) is 4.42 Å². The molecule has 2 heterocycles. The predicted octanol–water partition coefficient (Wildman–Crippen LogP) is 10.7. The number of rotatable bonds is 3. The highest BCUT2D eigenvalue weighted by molar-refractivity contribution is 7.26. The van der Waals surface area contributed by atoms with Crippen molar-refractivity contribution < 1.29 is 4.42 Å². The van der Waals surface area contributed by atoms with Crippen LogP contribution < -0.4 is 0 Å². The Balaban J connectivity index is 1.45. The number of nitrogens with zero attached hydrogens (tertiary/aromatic N) is 2. The molecule has 3 nitrogen and oxygen atoms in total. The Hall–Kier alpha value is -5.68. The summed E-state index contributed by atoms with van der Waals surface area (Å²) in [7, 11) is 0. The Morgan fingerprint density at radius 1 is 0.500 bits per heavy atom. The number of nitriles is 2. The third kappa shape index (κ3) is 3.71. The first-order chi connectivity index (χ1) is 20.7. The minimum atomic E-state index is 0.557. The molecule has 0 N–H and O–H groups in total. The van der Waals surface area contributed by atoms with E-state index < -0.39 is 0 Å². The molecule has 0 aliphatic carbocycles. The first kappa shape index (κ1) is 24.1. The van der Waals surface area contributed by atoms with E-state index in [2.05, 4.69) is 78.9 Å². The first-order valence-electron chi connectivity index (χ1n) is 13.6. The number of thiophene rings is 1. The van der Waals surface area contributed by atoms with Gasteiger partial charge in [-0.15, -0.1) is 11.3 Å². The SMILES string of the molecule is N#Cc1cccc(-c2cc(-c3cccc4c3sc3ccccc34)cc(-c3ccc4oc5ccccc5c4c3)c2C#N)c1. The second-order valence-electron chi connectivity index (χ2n) is 10.3. The Morgan fingerprint density at radius 3 is 2.05 bits per heavy atom. The molecule has 8 aromatic rings. The lowest BCUT2D eigenvalue weighted by atomic mass is 9.87. The number of furan rings is 1. The monoisotopic (exact) mass is 552 g/mol. The van der Waals surface area contributed by atoms with Crippen LogP contribution in [0.25, 0.3) is 75.5 Å². The van der Waals surface area contributed by atoms with Crippen LogP contribution in [0.3, 0.4) is 0 Å². The van der Waals surface area contributed by atoms with Crippen molar-refractivity contribution in [3.8, 4) is 45.5 Å². The van der Waals surface area contributed by atoms with Crippen molar-refractivity contribution in [3.63, 3.8) is 0 Å². The van der Waals surface area contributed by atoms with Gasteiger partial charge in [-0.3, -0.25) is 0 Å². The normalized spacial score (nSPS) is 11.3. The molecule has 0 amide bonds. The van der Waals surface area contributed by atoms with Crippen LogP contribution in [0.4, 0.5) is 0 Å². The quantitative estimate of drug-likeness (QED) is 0.219. The molecule has 2 aromatic heterocycles. The van der Waals surface area contributed by atoms with Crippen LogP contribution in [-0.2, 0) is 0 Å². The molecule has 0 aliphatic heterocycles. The van der Waals surface area contributed by atoms with Gasteiger partial charge in [-0.2, -0.15) is 10.5 Å². The maximum Gasteiger partial charge on any atom is 0.135 e. The maximum atomic E-state index is 10.6. The molecule has 0 spiro atoms. The molecule has 8 rings (SSSR count). The van der Waals surface area contributed by atoms with Crippen LogP contribution in [0.1, 0.15) is 11.1 Å². The molecule has 0 saturated carbocycles. The zero-order valence-corrected chi connectivity index (χ0v) is 23.1. The van der Waals surface area contributed by atoms with Crippen molar-refractivity contribution in [2.75, 3.05) is 0 Å². The standard InChI is InChI=1S/C38H20N2OS/c39-21-23-7-5-8-24(17-23)31-19-26(27-11-6-12-30-29-10-2-4-14-37(29)42-38(27)30)20-32(34(31)22-40)25-15-16-36-33(18-25)28-9-1-3-13-35(28)41-36/h1-20H. The van der Waals surface area contributed by atoms with Crippen molar-refractivity contribution in [1.29, 1.82) is 10.5 Å². The van der Waals surface area contributed by atoms with Gasteiger partial charge in [-0.05, 0) is 70.8 Å². The topological polar surface area (TPSA) is 60.7 Å². The molecule has 0 aliphatic rings. The third-order valence-electron chi connectivity index (χ3n) is 7.96. The van der Waals surface area contributed by atoms with Crippen LogP contribution in [0.5, 0.6) is 0 Å². The smallest absolute Gasteiger partial charge is 0.135 e. The van der Waals surface area contributed by atoms with Crippen molar-refractivity contribution >= 4 is 53.4 Å². The zero-order valence-electron chi connectivity index (χ0n) is 22.3. The first-order valence-corrected chi connectivity index (χ1v) is 14.4. The molecule has 6 aromatic carbocycles. The average Bonchev–Trinajstić information content (AvgIpc) is 3.62. The Bertz CT molecular complexity index is 2450. The molecular weight excluding hydrogens is 532 g/mol. The second kappa shape index (κ2) is 9.46. The maximum absolute atomic E-state index is 10.6. The fraction of sp³-hybridized carbons (Fsp3) is 0. The Morgan fingerprint density at radius 2 is 1.21 bits per heavy atom. The van der Waals surface area contributed by atoms with Gasteiger partial charge in [0.1, 0.15) is 17.2 Å². The van der Waals surface area contributed by atoms with Gasteiger partial charge in [-0.25, -0.2) is 0 Å². The second-order valence-corrected chi connectivity index (χ2v) is 11.4. The van der Waals surface area contributed by atoms with E-state index in [-0.39, 0.29) is 0 Å². The fourth-order valence-corrected chi connectivity index (χ4v) is 7.24. The van der Waals surface area contributed by atoms with Crippen molar-refractivity contribution in [2.45, 2.75) is 0 Å². The zero-order chi connectivity index (χ0) is 28.2. The van der Waals surface area contributed by atoms with E-state index >= 15 is 0 Å². The summed E-state index contributed by atoms with van der Waals surface area (Å²) in [6.07, 6.45) is 0. The van der Waals surface area contributed by atoms with Gasteiger partial charge in [0.15, 0.2) is 0 Å². The molecule has 0 fully saturated rings. The minimum absolute atomic E-state index is 0.557. The average molecular weight is 553 g/mol. The van der Waals surface area contributed by atoms with Crippen molar-refractivity contribution in [3.05, 3.63) is 132 Å². The number of hydrogen-bond donors (Lipinski definition) is 0. The Kier molecular flexibility index (Phi) is 5.44. The van der Waals surface area contributed by atoms with Crippen LogP contribution in [0.2, 0.25) is 0 Å². The molecule has 0 bridgehead atoms. The van der Waals surface area contributed by atoms with Gasteiger partial charge >= 0.3 is 0 Å². The summed E-state index contributed by atoms with van der Waals surface area (Å²) in [6, 6.07) is 45.6. The van der Waals surface area contributed by atoms with E-state index in [9.17, 15) is 10.5 Å². The van der Waals surface area contributed by atoms with Gasteiger partial charge in [0.25, 0.3) is 0 Å². The Labute approximate surface area is 245 Å². The van der Waals surface area contributed by atoms with Crippen LogP contribution in [-0.4, -0.2) is 0 Å². The number of fused-ring (bicyclic) bond motifs is 6. The van der Waals surface area contributed by atoms with E-state index in [0.717, 1.165) is 55.3 Å². The van der Waals surface area contributed by atoms with Crippen molar-refractivity contribution in [1.82, 2.24) is 0 Å². The van der Waals surface area contributed by atoms with E-state index in [1.807, 2.05) is 48.5 Å². The summed E-state index contributed by atoms with van der Waals surface area (Å²) in [5, 5.41) is 24.7. The van der Waals surface area contributed by atoms with Crippen molar-refractivity contribution in [2.24, 2.45) is 0 Å². The molecular formula is C38H20N2OS. The predicted molar refractivity (Wildman–Crippen MR) is 172 cm³/mol. The number of benzene rings is 6. The lowest BCUT2D eigenvalue weighted by molar-refractivity contribution is 0.669. The highest BCUT2D eigenvalue weighted by atomic mass is 32.1. The minimum Gasteiger partial charge on any atom is -0.456 e. The molecule has 0 atom stereocenters. The number of hydrogen-bond acceptors (Lipinski definition) is 4. The summed E-state index contributed by atoms with van der Waals surface area (Å²) >= 11 is 1.79. The summed E-state index contributed by atoms with van der Waals surface area (Å²) < 4.78 is 8.55. The third-order valence-corrected chi connectivity index (χ3v) is 9.18. The van der Waals surface area contributed by atoms with E-state index in [1.54, 1.807) is 17.4 Å². The summed E-state index contributed by atoms with van der Waals surface area (Å²) in [6.45, 7) is 0. The molecule has 0 saturated heterocycles. The van der Waals surface area contributed by atoms with Gasteiger partial charge in [-0.1, -0.05) is 72.8 Å².